The number of hydrogen-bond donors (Lipinski definition) is 2. The maximum atomic E-state index is 12.6. The van der Waals surface area contributed by atoms with Crippen LogP contribution < -0.4 is 20.7 Å². The van der Waals surface area contributed by atoms with Crippen molar-refractivity contribution in [3.63, 3.8) is 0 Å². The molecule has 0 aliphatic carbocycles. The van der Waals surface area contributed by atoms with Crippen molar-refractivity contribution in [3.05, 3.63) is 63.0 Å². The third-order valence-electron chi connectivity index (χ3n) is 5.30. The zero-order valence-electron chi connectivity index (χ0n) is 20.1. The van der Waals surface area contributed by atoms with E-state index in [0.717, 1.165) is 10.6 Å². The molecule has 1 aliphatic heterocycles. The lowest BCUT2D eigenvalue weighted by molar-refractivity contribution is -0.384. The first kappa shape index (κ1) is 27.2. The maximum Gasteiger partial charge on any atom is 0.294 e. The number of nitrogens with zero attached hydrogens (tertiary/aromatic N) is 3. The fraction of sp³-hybridized carbons (Fsp3) is 0.250. The summed E-state index contributed by atoms with van der Waals surface area (Å²) in [6.07, 6.45) is 1.45. The highest BCUT2D eigenvalue weighted by atomic mass is 32.2. The first-order valence-electron chi connectivity index (χ1n) is 11.2. The molecule has 1 aliphatic rings. The number of nitro benzene ring substituents is 1. The van der Waals surface area contributed by atoms with Crippen LogP contribution in [0, 0.1) is 10.1 Å². The summed E-state index contributed by atoms with van der Waals surface area (Å²) in [5.41, 5.74) is 6.45. The van der Waals surface area contributed by atoms with E-state index >= 15 is 0 Å². The molecule has 0 atom stereocenters. The summed E-state index contributed by atoms with van der Waals surface area (Å²) in [5, 5.41) is 12.9. The van der Waals surface area contributed by atoms with Crippen LogP contribution in [0.15, 0.2) is 47.4 Å². The van der Waals surface area contributed by atoms with Crippen molar-refractivity contribution in [2.24, 2.45) is 5.73 Å². The Bertz CT molecular complexity index is 1280. The standard InChI is InChI=1S/C24H25N5O7S/c1-3-27(4-2)17-9-8-15(10-20-23(32)28(13-21(25)30)24(33)37-20)19(12-17)36-14-22(31)26-16-6-5-7-18(11-16)29(34)35/h5-12H,3-4,13-14H2,1-2H3,(H2,25,30)(H,26,31)/b20-10-. The number of anilines is 2. The topological polar surface area (TPSA) is 165 Å². The van der Waals surface area contributed by atoms with E-state index in [2.05, 4.69) is 10.2 Å². The minimum atomic E-state index is -0.814. The number of primary amides is 1. The van der Waals surface area contributed by atoms with Crippen molar-refractivity contribution < 1.29 is 28.8 Å². The van der Waals surface area contributed by atoms with Gasteiger partial charge in [-0.1, -0.05) is 6.07 Å². The number of nitrogens with two attached hydrogens (primary N) is 1. The van der Waals surface area contributed by atoms with Gasteiger partial charge in [0.15, 0.2) is 6.61 Å². The molecule has 0 bridgehead atoms. The molecule has 0 unspecified atom stereocenters. The minimum Gasteiger partial charge on any atom is -0.483 e. The minimum absolute atomic E-state index is 0.0766. The highest BCUT2D eigenvalue weighted by Gasteiger charge is 2.36. The zero-order chi connectivity index (χ0) is 27.1. The molecule has 1 heterocycles. The molecule has 1 fully saturated rings. The number of imide groups is 1. The van der Waals surface area contributed by atoms with Crippen molar-refractivity contribution in [2.45, 2.75) is 13.8 Å². The van der Waals surface area contributed by atoms with Crippen LogP contribution in [0.25, 0.3) is 6.08 Å². The van der Waals surface area contributed by atoms with Gasteiger partial charge in [-0.15, -0.1) is 0 Å². The Morgan fingerprint density at radius 3 is 2.57 bits per heavy atom. The molecular weight excluding hydrogens is 502 g/mol. The summed E-state index contributed by atoms with van der Waals surface area (Å²) < 4.78 is 5.78. The van der Waals surface area contributed by atoms with Gasteiger partial charge in [0, 0.05) is 48.2 Å². The van der Waals surface area contributed by atoms with Gasteiger partial charge in [0.05, 0.1) is 9.83 Å². The number of amides is 4. The van der Waals surface area contributed by atoms with Gasteiger partial charge in [-0.3, -0.25) is 34.2 Å². The second kappa shape index (κ2) is 12.0. The van der Waals surface area contributed by atoms with Gasteiger partial charge in [0.25, 0.3) is 22.7 Å². The van der Waals surface area contributed by atoms with Gasteiger partial charge in [-0.2, -0.15) is 0 Å². The van der Waals surface area contributed by atoms with E-state index in [4.69, 9.17) is 10.5 Å². The second-order valence-electron chi connectivity index (χ2n) is 7.77. The summed E-state index contributed by atoms with van der Waals surface area (Å²) >= 11 is 0.667. The van der Waals surface area contributed by atoms with Crippen molar-refractivity contribution in [1.82, 2.24) is 4.90 Å². The van der Waals surface area contributed by atoms with Gasteiger partial charge in [-0.25, -0.2) is 0 Å². The highest BCUT2D eigenvalue weighted by molar-refractivity contribution is 8.18. The molecule has 1 saturated heterocycles. The highest BCUT2D eigenvalue weighted by Crippen LogP contribution is 2.35. The van der Waals surface area contributed by atoms with E-state index in [1.807, 2.05) is 19.9 Å². The maximum absolute atomic E-state index is 12.6. The second-order valence-corrected chi connectivity index (χ2v) is 8.77. The number of rotatable bonds is 11. The first-order chi connectivity index (χ1) is 17.6. The van der Waals surface area contributed by atoms with E-state index in [0.29, 0.717) is 30.4 Å². The molecule has 3 N–H and O–H groups in total. The van der Waals surface area contributed by atoms with Gasteiger partial charge in [0.1, 0.15) is 12.3 Å². The van der Waals surface area contributed by atoms with E-state index in [1.165, 1.54) is 30.3 Å². The smallest absolute Gasteiger partial charge is 0.294 e. The Morgan fingerprint density at radius 2 is 1.92 bits per heavy atom. The number of hydrogen-bond acceptors (Lipinski definition) is 9. The number of ether oxygens (including phenoxy) is 1. The Morgan fingerprint density at radius 1 is 1.19 bits per heavy atom. The number of thioether (sulfide) groups is 1. The molecule has 2 aromatic rings. The normalized spacial score (nSPS) is 14.1. The van der Waals surface area contributed by atoms with Crippen molar-refractivity contribution in [2.75, 3.05) is 36.5 Å². The Kier molecular flexibility index (Phi) is 8.85. The Balaban J connectivity index is 1.84. The average molecular weight is 528 g/mol. The molecule has 4 amide bonds. The lowest BCUT2D eigenvalue weighted by Crippen LogP contribution is -2.36. The van der Waals surface area contributed by atoms with E-state index in [9.17, 15) is 29.3 Å². The van der Waals surface area contributed by atoms with Gasteiger partial charge in [-0.05, 0) is 49.9 Å². The van der Waals surface area contributed by atoms with E-state index < -0.39 is 41.0 Å². The van der Waals surface area contributed by atoms with Gasteiger partial charge >= 0.3 is 0 Å². The summed E-state index contributed by atoms with van der Waals surface area (Å²) in [4.78, 5) is 61.8. The van der Waals surface area contributed by atoms with E-state index in [-0.39, 0.29) is 22.0 Å². The van der Waals surface area contributed by atoms with Crippen LogP contribution in [-0.4, -0.2) is 59.0 Å². The fourth-order valence-electron chi connectivity index (χ4n) is 3.52. The molecule has 0 aromatic heterocycles. The zero-order valence-corrected chi connectivity index (χ0v) is 20.9. The lowest BCUT2D eigenvalue weighted by atomic mass is 10.1. The summed E-state index contributed by atoms with van der Waals surface area (Å²) in [6, 6.07) is 10.7. The van der Waals surface area contributed by atoms with Crippen LogP contribution in [0.2, 0.25) is 0 Å². The van der Waals surface area contributed by atoms with Crippen LogP contribution in [0.5, 0.6) is 5.75 Å². The molecule has 13 heteroatoms. The number of nitro groups is 1. The summed E-state index contributed by atoms with van der Waals surface area (Å²) in [6.45, 7) is 4.46. The molecule has 37 heavy (non-hydrogen) atoms. The molecule has 3 rings (SSSR count). The van der Waals surface area contributed by atoms with Crippen molar-refractivity contribution >= 4 is 57.9 Å². The molecule has 0 saturated carbocycles. The van der Waals surface area contributed by atoms with Crippen LogP contribution in [0.1, 0.15) is 19.4 Å². The van der Waals surface area contributed by atoms with Gasteiger partial charge in [0.2, 0.25) is 5.91 Å². The lowest BCUT2D eigenvalue weighted by Gasteiger charge is -2.22. The van der Waals surface area contributed by atoms with Crippen molar-refractivity contribution in [3.8, 4) is 5.75 Å². The van der Waals surface area contributed by atoms with Crippen molar-refractivity contribution in [1.29, 1.82) is 0 Å². The third kappa shape index (κ3) is 6.85. The first-order valence-corrected chi connectivity index (χ1v) is 12.0. The fourth-order valence-corrected chi connectivity index (χ4v) is 4.35. The third-order valence-corrected chi connectivity index (χ3v) is 6.21. The Hall–Kier alpha value is -4.39. The number of carbonyl (C=O) groups excluding carboxylic acids is 4. The quantitative estimate of drug-likeness (QED) is 0.254. The van der Waals surface area contributed by atoms with Crippen LogP contribution in [0.3, 0.4) is 0 Å². The monoisotopic (exact) mass is 527 g/mol. The molecule has 2 aromatic carbocycles. The SMILES string of the molecule is CCN(CC)c1ccc(/C=C2\SC(=O)N(CC(N)=O)C2=O)c(OCC(=O)Nc2cccc([N+](=O)[O-])c2)c1. The predicted octanol–water partition coefficient (Wildman–Crippen LogP) is 2.98. The van der Waals surface area contributed by atoms with Gasteiger partial charge < -0.3 is 20.7 Å². The van der Waals surface area contributed by atoms with Crippen LogP contribution in [-0.2, 0) is 14.4 Å². The largest absolute Gasteiger partial charge is 0.483 e. The molecule has 12 nitrogen and oxygen atoms in total. The average Bonchev–Trinajstić information content (AvgIpc) is 3.11. The van der Waals surface area contributed by atoms with Crippen LogP contribution in [0.4, 0.5) is 21.9 Å². The number of benzene rings is 2. The van der Waals surface area contributed by atoms with E-state index in [1.54, 1.807) is 12.1 Å². The predicted molar refractivity (Wildman–Crippen MR) is 139 cm³/mol. The number of nitrogens with one attached hydrogen (secondary N) is 1. The molecule has 0 spiro atoms. The molecule has 194 valence electrons. The number of non-ortho nitro benzene ring substituents is 1. The molecular formula is C24H25N5O7S. The summed E-state index contributed by atoms with van der Waals surface area (Å²) in [7, 11) is 0. The number of carbonyl (C=O) groups is 4. The van der Waals surface area contributed by atoms with Crippen LogP contribution >= 0.6 is 11.8 Å². The molecule has 0 radical (unpaired) electrons. The Labute approximate surface area is 216 Å². The summed E-state index contributed by atoms with van der Waals surface area (Å²) in [5.74, 6) is -1.75.